The van der Waals surface area contributed by atoms with Crippen LogP contribution in [0.25, 0.3) is 0 Å². The van der Waals surface area contributed by atoms with Crippen LogP contribution in [0.3, 0.4) is 0 Å². The maximum absolute atomic E-state index is 11.6. The Morgan fingerprint density at radius 1 is 1.60 bits per heavy atom. The molecular weight excluding hydrogens is 278 g/mol. The summed E-state index contributed by atoms with van der Waals surface area (Å²) < 4.78 is 2.50. The van der Waals surface area contributed by atoms with Gasteiger partial charge in [0.25, 0.3) is 5.56 Å². The Labute approximate surface area is 98.5 Å². The molecule has 0 aliphatic rings. The number of pyridine rings is 1. The van der Waals surface area contributed by atoms with Gasteiger partial charge in [0, 0.05) is 6.20 Å². The summed E-state index contributed by atoms with van der Waals surface area (Å²) in [6.45, 7) is 0.458. The summed E-state index contributed by atoms with van der Waals surface area (Å²) in [5.41, 5.74) is 5.60. The van der Waals surface area contributed by atoms with Crippen molar-refractivity contribution in [3.05, 3.63) is 43.7 Å². The molecule has 2 rings (SSSR count). The highest BCUT2D eigenvalue weighted by molar-refractivity contribution is 9.11. The summed E-state index contributed by atoms with van der Waals surface area (Å²) in [6.07, 6.45) is 3.42. The highest BCUT2D eigenvalue weighted by atomic mass is 79.9. The van der Waals surface area contributed by atoms with E-state index in [9.17, 15) is 4.79 Å². The minimum absolute atomic E-state index is 0.177. The molecule has 0 saturated heterocycles. The van der Waals surface area contributed by atoms with E-state index in [2.05, 4.69) is 20.9 Å². The van der Waals surface area contributed by atoms with Crippen LogP contribution < -0.4 is 11.3 Å². The van der Waals surface area contributed by atoms with E-state index in [1.54, 1.807) is 29.1 Å². The predicted octanol–water partition coefficient (Wildman–Crippen LogP) is 1.70. The number of nitrogens with two attached hydrogens (primary N) is 1. The van der Waals surface area contributed by atoms with Crippen LogP contribution in [-0.2, 0) is 6.54 Å². The number of nitrogens with zero attached hydrogens (tertiary/aromatic N) is 2. The molecule has 2 aromatic rings. The normalized spacial score (nSPS) is 10.5. The fraction of sp³-hybridized carbons (Fsp3) is 0.111. The van der Waals surface area contributed by atoms with Crippen molar-refractivity contribution < 1.29 is 0 Å². The van der Waals surface area contributed by atoms with Crippen LogP contribution in [0.15, 0.2) is 33.1 Å². The van der Waals surface area contributed by atoms with E-state index >= 15 is 0 Å². The first-order chi connectivity index (χ1) is 7.16. The fourth-order valence-corrected chi connectivity index (χ4v) is 2.49. The monoisotopic (exact) mass is 285 g/mol. The summed E-state index contributed by atoms with van der Waals surface area (Å²) in [4.78, 5) is 15.7. The van der Waals surface area contributed by atoms with Crippen LogP contribution in [0, 0.1) is 0 Å². The first-order valence-electron chi connectivity index (χ1n) is 4.22. The second kappa shape index (κ2) is 4.16. The van der Waals surface area contributed by atoms with Crippen LogP contribution >= 0.6 is 27.3 Å². The summed E-state index contributed by atoms with van der Waals surface area (Å²) in [7, 11) is 0. The van der Waals surface area contributed by atoms with Gasteiger partial charge in [-0.1, -0.05) is 0 Å². The van der Waals surface area contributed by atoms with E-state index in [0.29, 0.717) is 6.54 Å². The van der Waals surface area contributed by atoms with Crippen molar-refractivity contribution in [1.82, 2.24) is 9.55 Å². The third-order valence-electron chi connectivity index (χ3n) is 1.88. The lowest BCUT2D eigenvalue weighted by Gasteiger charge is -2.02. The first-order valence-corrected chi connectivity index (χ1v) is 5.83. The second-order valence-electron chi connectivity index (χ2n) is 2.95. The van der Waals surface area contributed by atoms with E-state index in [1.807, 2.05) is 0 Å². The molecule has 0 aliphatic carbocycles. The molecule has 6 heteroatoms. The number of rotatable bonds is 2. The number of halogens is 1. The molecule has 0 bridgehead atoms. The van der Waals surface area contributed by atoms with Gasteiger partial charge in [-0.25, -0.2) is 4.98 Å². The Morgan fingerprint density at radius 3 is 3.07 bits per heavy atom. The minimum Gasteiger partial charge on any atom is -0.394 e. The summed E-state index contributed by atoms with van der Waals surface area (Å²) >= 11 is 4.82. The third kappa shape index (κ3) is 2.27. The molecule has 2 aromatic heterocycles. The molecule has 4 nitrogen and oxygen atoms in total. The topological polar surface area (TPSA) is 60.9 Å². The molecule has 0 aliphatic heterocycles. The zero-order valence-electron chi connectivity index (χ0n) is 7.68. The van der Waals surface area contributed by atoms with Gasteiger partial charge in [-0.05, 0) is 28.1 Å². The van der Waals surface area contributed by atoms with Crippen molar-refractivity contribution >= 4 is 33.0 Å². The Bertz CT molecular complexity index is 534. The molecule has 0 saturated carbocycles. The first kappa shape index (κ1) is 10.4. The number of hydrogen-bond donors (Lipinski definition) is 1. The van der Waals surface area contributed by atoms with Gasteiger partial charge in [0.2, 0.25) is 0 Å². The molecule has 78 valence electrons. The fourth-order valence-electron chi connectivity index (χ4n) is 1.19. The Balaban J connectivity index is 2.32. The molecule has 0 unspecified atom stereocenters. The van der Waals surface area contributed by atoms with Gasteiger partial charge in [-0.15, -0.1) is 11.3 Å². The lowest BCUT2D eigenvalue weighted by molar-refractivity contribution is 0.756. The minimum atomic E-state index is -0.177. The van der Waals surface area contributed by atoms with Gasteiger partial charge >= 0.3 is 0 Å². The maximum atomic E-state index is 11.6. The molecular formula is C9H8BrN3OS. The molecule has 15 heavy (non-hydrogen) atoms. The SMILES string of the molecule is Nc1cccn(Cc2ncc(Br)s2)c1=O. The van der Waals surface area contributed by atoms with E-state index in [-0.39, 0.29) is 11.2 Å². The van der Waals surface area contributed by atoms with Crippen molar-refractivity contribution in [2.75, 3.05) is 5.73 Å². The van der Waals surface area contributed by atoms with Crippen molar-refractivity contribution in [2.24, 2.45) is 0 Å². The number of anilines is 1. The molecule has 0 amide bonds. The highest BCUT2D eigenvalue weighted by Gasteiger charge is 2.03. The average molecular weight is 286 g/mol. The number of thiazole rings is 1. The molecule has 0 spiro atoms. The van der Waals surface area contributed by atoms with E-state index in [4.69, 9.17) is 5.73 Å². The quantitative estimate of drug-likeness (QED) is 0.914. The van der Waals surface area contributed by atoms with Crippen LogP contribution in [0.2, 0.25) is 0 Å². The van der Waals surface area contributed by atoms with Crippen molar-refractivity contribution in [3.63, 3.8) is 0 Å². The van der Waals surface area contributed by atoms with Gasteiger partial charge in [0.1, 0.15) is 5.01 Å². The molecule has 2 heterocycles. The molecule has 0 atom stereocenters. The number of aromatic nitrogens is 2. The van der Waals surface area contributed by atoms with Crippen molar-refractivity contribution in [2.45, 2.75) is 6.54 Å². The van der Waals surface area contributed by atoms with Gasteiger partial charge < -0.3 is 10.3 Å². The number of hydrogen-bond acceptors (Lipinski definition) is 4. The smallest absolute Gasteiger partial charge is 0.274 e. The van der Waals surface area contributed by atoms with Gasteiger partial charge in [0.05, 0.1) is 22.2 Å². The zero-order chi connectivity index (χ0) is 10.8. The van der Waals surface area contributed by atoms with E-state index < -0.39 is 0 Å². The van der Waals surface area contributed by atoms with Crippen LogP contribution in [0.1, 0.15) is 5.01 Å². The largest absolute Gasteiger partial charge is 0.394 e. The average Bonchev–Trinajstić information content (AvgIpc) is 2.59. The highest BCUT2D eigenvalue weighted by Crippen LogP contribution is 2.19. The van der Waals surface area contributed by atoms with E-state index in [0.717, 1.165) is 8.79 Å². The standard InChI is InChI=1S/C9H8BrN3OS/c10-7-4-12-8(15-7)5-13-3-1-2-6(11)9(13)14/h1-4H,5,11H2. The second-order valence-corrected chi connectivity index (χ2v) is 5.45. The maximum Gasteiger partial charge on any atom is 0.274 e. The molecule has 2 N–H and O–H groups in total. The van der Waals surface area contributed by atoms with Crippen LogP contribution in [-0.4, -0.2) is 9.55 Å². The van der Waals surface area contributed by atoms with E-state index in [1.165, 1.54) is 11.3 Å². The Morgan fingerprint density at radius 2 is 2.40 bits per heavy atom. The Kier molecular flexibility index (Phi) is 2.88. The zero-order valence-corrected chi connectivity index (χ0v) is 10.1. The van der Waals surface area contributed by atoms with Crippen LogP contribution in [0.4, 0.5) is 5.69 Å². The molecule has 0 fully saturated rings. The third-order valence-corrected chi connectivity index (χ3v) is 3.34. The Hall–Kier alpha value is -1.14. The summed E-state index contributed by atoms with van der Waals surface area (Å²) in [5, 5.41) is 0.870. The summed E-state index contributed by atoms with van der Waals surface area (Å²) in [6, 6.07) is 3.34. The van der Waals surface area contributed by atoms with Gasteiger partial charge in [-0.2, -0.15) is 0 Å². The predicted molar refractivity (Wildman–Crippen MR) is 64.0 cm³/mol. The molecule has 0 aromatic carbocycles. The van der Waals surface area contributed by atoms with Gasteiger partial charge in [0.15, 0.2) is 0 Å². The van der Waals surface area contributed by atoms with Crippen molar-refractivity contribution in [3.8, 4) is 0 Å². The van der Waals surface area contributed by atoms with Gasteiger partial charge in [-0.3, -0.25) is 4.79 Å². The lowest BCUT2D eigenvalue weighted by Crippen LogP contribution is -2.22. The van der Waals surface area contributed by atoms with Crippen LogP contribution in [0.5, 0.6) is 0 Å². The number of nitrogen functional groups attached to an aromatic ring is 1. The lowest BCUT2D eigenvalue weighted by atomic mass is 10.4. The van der Waals surface area contributed by atoms with Crippen molar-refractivity contribution in [1.29, 1.82) is 0 Å². The summed E-state index contributed by atoms with van der Waals surface area (Å²) in [5.74, 6) is 0. The molecule has 0 radical (unpaired) electrons.